The van der Waals surface area contributed by atoms with Crippen molar-refractivity contribution < 1.29 is 27.9 Å². The SMILES string of the molecule is Cl.Cl.O=C(CNC(=O)C(CCC1CCNCC1)CCC1CCNCC1)NCC(NS(=O)(=O)c1ccccc1)C(=O)O. The average molecular weight is 639 g/mol. The molecular formula is C27H45Cl2N5O6S. The number of halogens is 2. The summed E-state index contributed by atoms with van der Waals surface area (Å²) in [6, 6.07) is 5.84. The summed E-state index contributed by atoms with van der Waals surface area (Å²) in [6.45, 7) is 3.29. The van der Waals surface area contributed by atoms with Crippen LogP contribution in [0, 0.1) is 17.8 Å². The van der Waals surface area contributed by atoms with Crippen molar-refractivity contribution in [1.82, 2.24) is 26.0 Å². The molecule has 0 radical (unpaired) electrons. The van der Waals surface area contributed by atoms with Gasteiger partial charge in [0.05, 0.1) is 11.4 Å². The molecule has 1 aromatic rings. The number of rotatable bonds is 15. The molecule has 0 spiro atoms. The summed E-state index contributed by atoms with van der Waals surface area (Å²) in [5, 5.41) is 21.4. The van der Waals surface area contributed by atoms with E-state index in [1.54, 1.807) is 6.07 Å². The molecule has 1 aromatic carbocycles. The Labute approximate surface area is 255 Å². The Kier molecular flexibility index (Phi) is 17.4. The molecule has 2 heterocycles. The highest BCUT2D eigenvalue weighted by Gasteiger charge is 2.27. The molecule has 2 aliphatic rings. The van der Waals surface area contributed by atoms with Gasteiger partial charge in [-0.2, -0.15) is 4.72 Å². The fraction of sp³-hybridized carbons (Fsp3) is 0.667. The van der Waals surface area contributed by atoms with Gasteiger partial charge < -0.3 is 26.4 Å². The van der Waals surface area contributed by atoms with E-state index < -0.39 is 34.5 Å². The Bertz CT molecular complexity index is 1020. The Hall–Kier alpha value is -1.96. The summed E-state index contributed by atoms with van der Waals surface area (Å²) in [5.41, 5.74) is 0. The number of carbonyl (C=O) groups is 3. The van der Waals surface area contributed by atoms with Gasteiger partial charge in [0, 0.05) is 12.5 Å². The second kappa shape index (κ2) is 19.3. The predicted molar refractivity (Wildman–Crippen MR) is 162 cm³/mol. The smallest absolute Gasteiger partial charge is 0.323 e. The maximum Gasteiger partial charge on any atom is 0.323 e. The van der Waals surface area contributed by atoms with E-state index in [4.69, 9.17) is 0 Å². The molecule has 0 aromatic heterocycles. The van der Waals surface area contributed by atoms with Crippen molar-refractivity contribution in [3.8, 4) is 0 Å². The first-order valence-electron chi connectivity index (χ1n) is 14.0. The van der Waals surface area contributed by atoms with Crippen LogP contribution in [0.15, 0.2) is 35.2 Å². The number of hydrogen-bond acceptors (Lipinski definition) is 7. The van der Waals surface area contributed by atoms with Gasteiger partial charge in [0.1, 0.15) is 6.04 Å². The minimum Gasteiger partial charge on any atom is -0.480 e. The van der Waals surface area contributed by atoms with E-state index in [1.165, 1.54) is 24.3 Å². The minimum absolute atomic E-state index is 0. The molecule has 0 bridgehead atoms. The first-order chi connectivity index (χ1) is 18.7. The zero-order chi connectivity index (χ0) is 28.1. The molecule has 1 atom stereocenters. The Morgan fingerprint density at radius 2 is 1.37 bits per heavy atom. The molecule has 41 heavy (non-hydrogen) atoms. The van der Waals surface area contributed by atoms with Crippen LogP contribution in [-0.2, 0) is 24.4 Å². The van der Waals surface area contributed by atoms with Crippen molar-refractivity contribution in [2.24, 2.45) is 17.8 Å². The van der Waals surface area contributed by atoms with Gasteiger partial charge >= 0.3 is 5.97 Å². The number of carboxylic acid groups (broad SMARTS) is 1. The topological polar surface area (TPSA) is 166 Å². The lowest BCUT2D eigenvalue weighted by Crippen LogP contribution is -2.50. The predicted octanol–water partition coefficient (Wildman–Crippen LogP) is 1.67. The van der Waals surface area contributed by atoms with Crippen molar-refractivity contribution in [1.29, 1.82) is 0 Å². The zero-order valence-corrected chi connectivity index (χ0v) is 25.8. The monoisotopic (exact) mass is 637 g/mol. The quantitative estimate of drug-likeness (QED) is 0.169. The number of amides is 2. The van der Waals surface area contributed by atoms with E-state index in [0.29, 0.717) is 11.8 Å². The molecule has 11 nitrogen and oxygen atoms in total. The van der Waals surface area contributed by atoms with Crippen LogP contribution < -0.4 is 26.0 Å². The first kappa shape index (κ1) is 37.1. The second-order valence-electron chi connectivity index (χ2n) is 10.6. The van der Waals surface area contributed by atoms with Crippen molar-refractivity contribution in [2.45, 2.75) is 62.3 Å². The molecular weight excluding hydrogens is 593 g/mol. The zero-order valence-electron chi connectivity index (χ0n) is 23.3. The van der Waals surface area contributed by atoms with Gasteiger partial charge in [-0.1, -0.05) is 18.2 Å². The third-order valence-electron chi connectivity index (χ3n) is 7.71. The molecule has 6 N–H and O–H groups in total. The third kappa shape index (κ3) is 13.3. The van der Waals surface area contributed by atoms with E-state index in [9.17, 15) is 27.9 Å². The highest BCUT2D eigenvalue weighted by molar-refractivity contribution is 7.89. The van der Waals surface area contributed by atoms with Crippen molar-refractivity contribution in [3.63, 3.8) is 0 Å². The normalized spacial score (nSPS) is 17.1. The van der Waals surface area contributed by atoms with Crippen LogP contribution in [0.4, 0.5) is 0 Å². The van der Waals surface area contributed by atoms with Gasteiger partial charge in [0.2, 0.25) is 21.8 Å². The molecule has 0 saturated carbocycles. The number of carbonyl (C=O) groups excluding carboxylic acids is 2. The van der Waals surface area contributed by atoms with Crippen molar-refractivity contribution in [2.75, 3.05) is 39.3 Å². The Balaban J connectivity index is 0.00000420. The molecule has 2 fully saturated rings. The Morgan fingerprint density at radius 1 is 0.854 bits per heavy atom. The highest BCUT2D eigenvalue weighted by atomic mass is 35.5. The summed E-state index contributed by atoms with van der Waals surface area (Å²) in [4.78, 5) is 37.1. The molecule has 234 valence electrons. The lowest BCUT2D eigenvalue weighted by Gasteiger charge is -2.27. The van der Waals surface area contributed by atoms with Crippen LogP contribution in [-0.4, -0.2) is 76.6 Å². The standard InChI is InChI=1S/C27H43N5O6S.2ClH/c33-25(30-18-24(27(35)36)32-39(37,38)23-4-2-1-3-5-23)19-31-26(34)22(8-6-20-10-14-28-15-11-20)9-7-21-12-16-29-17-13-21;;/h1-5,20-22,24,28-29,32H,6-19H2,(H,30,33)(H,31,34)(H,35,36);2*1H. The van der Waals surface area contributed by atoms with Crippen LogP contribution in [0.2, 0.25) is 0 Å². The number of carboxylic acids is 1. The summed E-state index contributed by atoms with van der Waals surface area (Å²) in [5.74, 6) is -1.12. The maximum atomic E-state index is 13.1. The van der Waals surface area contributed by atoms with Crippen LogP contribution in [0.1, 0.15) is 51.4 Å². The fourth-order valence-electron chi connectivity index (χ4n) is 5.25. The lowest BCUT2D eigenvalue weighted by molar-refractivity contribution is -0.139. The van der Waals surface area contributed by atoms with Crippen LogP contribution in [0.3, 0.4) is 0 Å². The van der Waals surface area contributed by atoms with Gasteiger partial charge in [0.15, 0.2) is 0 Å². The molecule has 1 unspecified atom stereocenters. The number of sulfonamides is 1. The van der Waals surface area contributed by atoms with Crippen molar-refractivity contribution >= 4 is 52.6 Å². The Morgan fingerprint density at radius 3 is 1.85 bits per heavy atom. The lowest BCUT2D eigenvalue weighted by atomic mass is 9.84. The maximum absolute atomic E-state index is 13.1. The summed E-state index contributed by atoms with van der Waals surface area (Å²) in [6.07, 6.45) is 8.00. The van der Waals surface area contributed by atoms with Gasteiger partial charge in [-0.3, -0.25) is 14.4 Å². The van der Waals surface area contributed by atoms with Crippen LogP contribution in [0.5, 0.6) is 0 Å². The number of benzene rings is 1. The highest BCUT2D eigenvalue weighted by Crippen LogP contribution is 2.26. The fourth-order valence-corrected chi connectivity index (χ4v) is 6.46. The minimum atomic E-state index is -4.08. The van der Waals surface area contributed by atoms with E-state index in [-0.39, 0.29) is 48.1 Å². The molecule has 0 aliphatic carbocycles. The molecule has 2 amide bonds. The largest absolute Gasteiger partial charge is 0.480 e. The summed E-state index contributed by atoms with van der Waals surface area (Å²) >= 11 is 0. The number of piperidine rings is 2. The van der Waals surface area contributed by atoms with Crippen LogP contribution >= 0.6 is 24.8 Å². The number of aliphatic carboxylic acids is 1. The average Bonchev–Trinajstić information content (AvgIpc) is 2.95. The molecule has 2 saturated heterocycles. The number of nitrogens with one attached hydrogen (secondary N) is 5. The van der Waals surface area contributed by atoms with Gasteiger partial charge in [-0.15, -0.1) is 24.8 Å². The molecule has 3 rings (SSSR count). The van der Waals surface area contributed by atoms with E-state index >= 15 is 0 Å². The van der Waals surface area contributed by atoms with Gasteiger partial charge in [0.25, 0.3) is 0 Å². The molecule has 2 aliphatic heterocycles. The van der Waals surface area contributed by atoms with Gasteiger partial charge in [-0.05, 0) is 102 Å². The third-order valence-corrected chi connectivity index (χ3v) is 9.20. The first-order valence-corrected chi connectivity index (χ1v) is 15.5. The summed E-state index contributed by atoms with van der Waals surface area (Å²) < 4.78 is 27.1. The summed E-state index contributed by atoms with van der Waals surface area (Å²) in [7, 11) is -4.08. The molecule has 14 heteroatoms. The van der Waals surface area contributed by atoms with Crippen LogP contribution in [0.25, 0.3) is 0 Å². The van der Waals surface area contributed by atoms with Gasteiger partial charge in [-0.25, -0.2) is 8.42 Å². The number of hydrogen-bond donors (Lipinski definition) is 6. The second-order valence-corrected chi connectivity index (χ2v) is 12.3. The van der Waals surface area contributed by atoms with E-state index in [1.807, 2.05) is 0 Å². The van der Waals surface area contributed by atoms with Crippen molar-refractivity contribution in [3.05, 3.63) is 30.3 Å². The van der Waals surface area contributed by atoms with E-state index in [0.717, 1.165) is 77.5 Å². The van der Waals surface area contributed by atoms with E-state index in [2.05, 4.69) is 26.0 Å².